The molecule has 2 rings (SSSR count). The van der Waals surface area contributed by atoms with Gasteiger partial charge in [0.15, 0.2) is 0 Å². The first-order valence-electron chi connectivity index (χ1n) is 9.40. The first-order valence-corrected chi connectivity index (χ1v) is 9.40. The second kappa shape index (κ2) is 9.12. The topological polar surface area (TPSA) is 18.5 Å². The molecule has 1 heterocycles. The molecule has 2 aliphatic rings. The Morgan fingerprint density at radius 2 is 1.62 bits per heavy atom. The molecule has 0 spiro atoms. The minimum Gasteiger partial charge on any atom is -0.313 e. The number of piperazine rings is 1. The SMILES string of the molecule is CCNC1CCCCCCC1N1CCN(CC(C)C)CC1. The zero-order valence-electron chi connectivity index (χ0n) is 14.6. The maximum Gasteiger partial charge on any atom is 0.0250 e. The van der Waals surface area contributed by atoms with Crippen LogP contribution in [-0.4, -0.2) is 61.2 Å². The Labute approximate surface area is 132 Å². The third-order valence-corrected chi connectivity index (χ3v) is 5.20. The summed E-state index contributed by atoms with van der Waals surface area (Å²) >= 11 is 0. The highest BCUT2D eigenvalue weighted by molar-refractivity contribution is 4.88. The standard InChI is InChI=1S/C18H37N3/c1-4-19-17-9-7-5-6-8-10-18(17)21-13-11-20(12-14-21)15-16(2)3/h16-19H,4-15H2,1-3H3. The summed E-state index contributed by atoms with van der Waals surface area (Å²) in [7, 11) is 0. The fourth-order valence-electron chi connectivity index (χ4n) is 4.20. The number of nitrogens with one attached hydrogen (secondary N) is 1. The molecule has 124 valence electrons. The van der Waals surface area contributed by atoms with E-state index in [-0.39, 0.29) is 0 Å². The van der Waals surface area contributed by atoms with E-state index >= 15 is 0 Å². The largest absolute Gasteiger partial charge is 0.313 e. The average Bonchev–Trinajstić information content (AvgIpc) is 2.43. The zero-order chi connectivity index (χ0) is 15.1. The quantitative estimate of drug-likeness (QED) is 0.841. The molecule has 1 aliphatic carbocycles. The van der Waals surface area contributed by atoms with Crippen molar-refractivity contribution in [1.82, 2.24) is 15.1 Å². The van der Waals surface area contributed by atoms with Crippen molar-refractivity contribution in [2.24, 2.45) is 5.92 Å². The van der Waals surface area contributed by atoms with E-state index in [4.69, 9.17) is 0 Å². The first kappa shape index (κ1) is 17.2. The number of rotatable bonds is 5. The average molecular weight is 296 g/mol. The van der Waals surface area contributed by atoms with Crippen LogP contribution < -0.4 is 5.32 Å². The van der Waals surface area contributed by atoms with Crippen molar-refractivity contribution in [2.45, 2.75) is 71.4 Å². The molecule has 0 bridgehead atoms. The lowest BCUT2D eigenvalue weighted by Gasteiger charge is -2.43. The van der Waals surface area contributed by atoms with E-state index in [1.807, 2.05) is 0 Å². The highest BCUT2D eigenvalue weighted by atomic mass is 15.3. The van der Waals surface area contributed by atoms with E-state index in [2.05, 4.69) is 35.9 Å². The maximum atomic E-state index is 3.79. The third kappa shape index (κ3) is 5.54. The van der Waals surface area contributed by atoms with Crippen molar-refractivity contribution in [3.8, 4) is 0 Å². The molecule has 0 aromatic rings. The third-order valence-electron chi connectivity index (χ3n) is 5.20. The summed E-state index contributed by atoms with van der Waals surface area (Å²) in [6, 6.07) is 1.51. The van der Waals surface area contributed by atoms with Gasteiger partial charge in [-0.3, -0.25) is 4.90 Å². The lowest BCUT2D eigenvalue weighted by Crippen LogP contribution is -2.57. The van der Waals surface area contributed by atoms with Crippen molar-refractivity contribution in [1.29, 1.82) is 0 Å². The Bertz CT molecular complexity index is 272. The van der Waals surface area contributed by atoms with Gasteiger partial charge in [-0.1, -0.05) is 46.5 Å². The van der Waals surface area contributed by atoms with Gasteiger partial charge in [0.2, 0.25) is 0 Å². The Kier molecular flexibility index (Phi) is 7.48. The molecule has 2 fully saturated rings. The highest BCUT2D eigenvalue weighted by Gasteiger charge is 2.30. The molecule has 1 saturated carbocycles. The lowest BCUT2D eigenvalue weighted by atomic mass is 9.90. The van der Waals surface area contributed by atoms with Gasteiger partial charge in [0, 0.05) is 44.8 Å². The van der Waals surface area contributed by atoms with Crippen LogP contribution in [0.4, 0.5) is 0 Å². The number of nitrogens with zero attached hydrogens (tertiary/aromatic N) is 2. The number of hydrogen-bond donors (Lipinski definition) is 1. The maximum absolute atomic E-state index is 3.79. The molecular weight excluding hydrogens is 258 g/mol. The van der Waals surface area contributed by atoms with E-state index in [1.54, 1.807) is 0 Å². The summed E-state index contributed by atoms with van der Waals surface area (Å²) in [5, 5.41) is 3.79. The number of hydrogen-bond acceptors (Lipinski definition) is 3. The molecule has 21 heavy (non-hydrogen) atoms. The van der Waals surface area contributed by atoms with Crippen molar-refractivity contribution in [2.75, 3.05) is 39.3 Å². The van der Waals surface area contributed by atoms with Crippen LogP contribution in [0.15, 0.2) is 0 Å². The molecular formula is C18H37N3. The van der Waals surface area contributed by atoms with E-state index in [0.717, 1.165) is 24.5 Å². The Hall–Kier alpha value is -0.120. The molecule has 0 radical (unpaired) electrons. The van der Waals surface area contributed by atoms with Crippen molar-refractivity contribution in [3.63, 3.8) is 0 Å². The molecule has 1 saturated heterocycles. The molecule has 2 atom stereocenters. The van der Waals surface area contributed by atoms with Gasteiger partial charge in [-0.15, -0.1) is 0 Å². The van der Waals surface area contributed by atoms with Gasteiger partial charge in [-0.25, -0.2) is 0 Å². The van der Waals surface area contributed by atoms with Crippen LogP contribution in [0.2, 0.25) is 0 Å². The van der Waals surface area contributed by atoms with Crippen LogP contribution in [-0.2, 0) is 0 Å². The van der Waals surface area contributed by atoms with Gasteiger partial charge in [-0.2, -0.15) is 0 Å². The fraction of sp³-hybridized carbons (Fsp3) is 1.00. The van der Waals surface area contributed by atoms with E-state index in [1.165, 1.54) is 71.2 Å². The predicted molar refractivity (Wildman–Crippen MR) is 91.8 cm³/mol. The van der Waals surface area contributed by atoms with E-state index in [0.29, 0.717) is 0 Å². The Morgan fingerprint density at radius 1 is 0.952 bits per heavy atom. The van der Waals surface area contributed by atoms with Gasteiger partial charge in [0.25, 0.3) is 0 Å². The predicted octanol–water partition coefficient (Wildman–Crippen LogP) is 2.96. The Morgan fingerprint density at radius 3 is 2.24 bits per heavy atom. The van der Waals surface area contributed by atoms with Gasteiger partial charge >= 0.3 is 0 Å². The summed E-state index contributed by atoms with van der Waals surface area (Å²) in [5.41, 5.74) is 0. The number of likely N-dealkylation sites (N-methyl/N-ethyl adjacent to an activating group) is 1. The molecule has 2 unspecified atom stereocenters. The minimum atomic E-state index is 0.729. The second-order valence-electron chi connectivity index (χ2n) is 7.45. The van der Waals surface area contributed by atoms with Crippen molar-refractivity contribution < 1.29 is 0 Å². The Balaban J connectivity index is 1.88. The molecule has 1 aliphatic heterocycles. The molecule has 3 nitrogen and oxygen atoms in total. The fourth-order valence-corrected chi connectivity index (χ4v) is 4.20. The van der Waals surface area contributed by atoms with Gasteiger partial charge < -0.3 is 10.2 Å². The summed E-state index contributed by atoms with van der Waals surface area (Å²) in [6.45, 7) is 14.4. The van der Waals surface area contributed by atoms with E-state index < -0.39 is 0 Å². The lowest BCUT2D eigenvalue weighted by molar-refractivity contribution is 0.0633. The van der Waals surface area contributed by atoms with Crippen LogP contribution in [0.1, 0.15) is 59.3 Å². The molecule has 0 aromatic carbocycles. The van der Waals surface area contributed by atoms with E-state index in [9.17, 15) is 0 Å². The van der Waals surface area contributed by atoms with Gasteiger partial charge in [0.05, 0.1) is 0 Å². The highest BCUT2D eigenvalue weighted by Crippen LogP contribution is 2.23. The molecule has 3 heteroatoms. The molecule has 1 N–H and O–H groups in total. The zero-order valence-corrected chi connectivity index (χ0v) is 14.6. The van der Waals surface area contributed by atoms with Gasteiger partial charge in [-0.05, 0) is 25.3 Å². The molecule has 0 aromatic heterocycles. The second-order valence-corrected chi connectivity index (χ2v) is 7.45. The van der Waals surface area contributed by atoms with Crippen LogP contribution >= 0.6 is 0 Å². The monoisotopic (exact) mass is 295 g/mol. The van der Waals surface area contributed by atoms with Crippen LogP contribution in [0.3, 0.4) is 0 Å². The normalized spacial score (nSPS) is 30.3. The van der Waals surface area contributed by atoms with Crippen molar-refractivity contribution in [3.05, 3.63) is 0 Å². The van der Waals surface area contributed by atoms with Crippen molar-refractivity contribution >= 4 is 0 Å². The molecule has 0 amide bonds. The van der Waals surface area contributed by atoms with Crippen LogP contribution in [0.5, 0.6) is 0 Å². The van der Waals surface area contributed by atoms with Gasteiger partial charge in [0.1, 0.15) is 0 Å². The summed E-state index contributed by atoms with van der Waals surface area (Å²) < 4.78 is 0. The smallest absolute Gasteiger partial charge is 0.0250 e. The van der Waals surface area contributed by atoms with Crippen LogP contribution in [0.25, 0.3) is 0 Å². The summed E-state index contributed by atoms with van der Waals surface area (Å²) in [6.07, 6.45) is 8.52. The van der Waals surface area contributed by atoms with Crippen LogP contribution in [0, 0.1) is 5.92 Å². The summed E-state index contributed by atoms with van der Waals surface area (Å²) in [5.74, 6) is 0.799. The summed E-state index contributed by atoms with van der Waals surface area (Å²) in [4.78, 5) is 5.46. The first-order chi connectivity index (χ1) is 10.2. The minimum absolute atomic E-state index is 0.729.